The van der Waals surface area contributed by atoms with E-state index in [9.17, 15) is 0 Å². The van der Waals surface area contributed by atoms with Crippen LogP contribution in [0.2, 0.25) is 0 Å². The molecule has 6 heteroatoms. The molecule has 5 nitrogen and oxygen atoms in total. The second kappa shape index (κ2) is 4.94. The maximum atomic E-state index is 7.58. The van der Waals surface area contributed by atoms with Crippen LogP contribution in [0.5, 0.6) is 0 Å². The van der Waals surface area contributed by atoms with Crippen molar-refractivity contribution < 1.29 is 0 Å². The van der Waals surface area contributed by atoms with Gasteiger partial charge in [0.1, 0.15) is 5.52 Å². The van der Waals surface area contributed by atoms with Crippen molar-refractivity contribution in [2.75, 3.05) is 0 Å². The maximum absolute atomic E-state index is 7.58. The Bertz CT molecular complexity index is 562. The third kappa shape index (κ3) is 2.30. The van der Waals surface area contributed by atoms with Crippen LogP contribution in [0, 0.1) is 5.41 Å². The fourth-order valence-corrected chi connectivity index (χ4v) is 1.34. The molecule has 2 N–H and O–H groups in total. The maximum Gasteiger partial charge on any atom is 0.173 e. The van der Waals surface area contributed by atoms with Crippen LogP contribution in [0.1, 0.15) is 13.8 Å². The highest BCUT2D eigenvalue weighted by atomic mass is 35.5. The lowest BCUT2D eigenvalue weighted by Gasteiger charge is -2.03. The number of aromatic nitrogens is 4. The summed E-state index contributed by atoms with van der Waals surface area (Å²) < 4.78 is 1.91. The predicted octanol–water partition coefficient (Wildman–Crippen LogP) is 1.63. The molecule has 0 unspecified atom stereocenters. The van der Waals surface area contributed by atoms with Crippen LogP contribution in [0.25, 0.3) is 11.2 Å². The molecule has 2 heterocycles. The van der Waals surface area contributed by atoms with Gasteiger partial charge in [-0.1, -0.05) is 11.6 Å². The van der Waals surface area contributed by atoms with Gasteiger partial charge in [0, 0.05) is 6.54 Å². The van der Waals surface area contributed by atoms with Crippen LogP contribution >= 0.6 is 12.4 Å². The molecular weight excluding hydrogens is 226 g/mol. The average Bonchev–Trinajstić information content (AvgIpc) is 2.66. The first-order chi connectivity index (χ1) is 7.18. The lowest BCUT2D eigenvalue weighted by atomic mass is 10.3. The van der Waals surface area contributed by atoms with E-state index in [1.807, 2.05) is 4.57 Å². The predicted molar refractivity (Wildman–Crippen MR) is 64.4 cm³/mol. The zero-order chi connectivity index (χ0) is 10.8. The monoisotopic (exact) mass is 239 g/mol. The summed E-state index contributed by atoms with van der Waals surface area (Å²) >= 11 is 0. The molecule has 2 aromatic heterocycles. The summed E-state index contributed by atoms with van der Waals surface area (Å²) in [4.78, 5) is 11.1. The van der Waals surface area contributed by atoms with Gasteiger partial charge in [-0.3, -0.25) is 5.41 Å². The van der Waals surface area contributed by atoms with E-state index < -0.39 is 0 Å². The number of nitrogens with one attached hydrogen (secondary N) is 2. The van der Waals surface area contributed by atoms with Crippen molar-refractivity contribution in [3.63, 3.8) is 0 Å². The molecule has 86 valence electrons. The summed E-state index contributed by atoms with van der Waals surface area (Å²) in [6.45, 7) is 4.83. The smallest absolute Gasteiger partial charge is 0.173 e. The first-order valence-corrected chi connectivity index (χ1v) is 4.75. The third-order valence-electron chi connectivity index (χ3n) is 2.15. The molecule has 0 spiro atoms. The fourth-order valence-electron chi connectivity index (χ4n) is 1.34. The Hall–Kier alpha value is -1.62. The van der Waals surface area contributed by atoms with Crippen LogP contribution < -0.4 is 5.49 Å². The van der Waals surface area contributed by atoms with Crippen molar-refractivity contribution in [3.8, 4) is 0 Å². The number of imidazole rings is 1. The summed E-state index contributed by atoms with van der Waals surface area (Å²) in [6.07, 6.45) is 5.33. The quantitative estimate of drug-likeness (QED) is 0.782. The normalized spacial score (nSPS) is 9.88. The molecular formula is C10H14ClN5. The van der Waals surface area contributed by atoms with Crippen LogP contribution in [0.15, 0.2) is 24.3 Å². The molecule has 2 aromatic rings. The molecule has 0 radical (unpaired) electrons. The van der Waals surface area contributed by atoms with Crippen molar-refractivity contribution in [1.82, 2.24) is 19.5 Å². The largest absolute Gasteiger partial charge is 0.340 e. The Morgan fingerprint density at radius 1 is 1.50 bits per heavy atom. The zero-order valence-electron chi connectivity index (χ0n) is 9.19. The molecule has 0 saturated carbocycles. The highest BCUT2D eigenvalue weighted by molar-refractivity contribution is 5.85. The molecule has 0 aliphatic carbocycles. The topological polar surface area (TPSA) is 70.3 Å². The van der Waals surface area contributed by atoms with E-state index in [-0.39, 0.29) is 17.9 Å². The first-order valence-electron chi connectivity index (χ1n) is 4.75. The number of fused-ring (bicyclic) bond motifs is 1. The SMILES string of the molecule is CC(C)=CCn1cnc(=N)c2[nH]cnc21.Cl. The van der Waals surface area contributed by atoms with E-state index in [0.717, 1.165) is 12.2 Å². The number of nitrogens with zero attached hydrogens (tertiary/aromatic N) is 3. The second-order valence-electron chi connectivity index (χ2n) is 3.63. The molecule has 0 fully saturated rings. The van der Waals surface area contributed by atoms with Crippen LogP contribution in [-0.4, -0.2) is 19.5 Å². The Balaban J connectivity index is 0.00000128. The number of hydrogen-bond acceptors (Lipinski definition) is 3. The summed E-state index contributed by atoms with van der Waals surface area (Å²) in [5.41, 5.74) is 2.93. The fraction of sp³-hybridized carbons (Fsp3) is 0.300. The van der Waals surface area contributed by atoms with Gasteiger partial charge in [0.25, 0.3) is 0 Å². The van der Waals surface area contributed by atoms with E-state index in [1.165, 1.54) is 5.57 Å². The van der Waals surface area contributed by atoms with Crippen LogP contribution in [0.3, 0.4) is 0 Å². The van der Waals surface area contributed by atoms with Gasteiger partial charge in [-0.2, -0.15) is 0 Å². The van der Waals surface area contributed by atoms with Crippen LogP contribution in [0.4, 0.5) is 0 Å². The molecule has 0 saturated heterocycles. The molecule has 0 aliphatic rings. The van der Waals surface area contributed by atoms with Crippen molar-refractivity contribution in [2.24, 2.45) is 0 Å². The number of rotatable bonds is 2. The molecule has 0 aromatic carbocycles. The van der Waals surface area contributed by atoms with Crippen molar-refractivity contribution in [1.29, 1.82) is 5.41 Å². The molecule has 0 amide bonds. The van der Waals surface area contributed by atoms with Crippen molar-refractivity contribution in [3.05, 3.63) is 29.8 Å². The molecule has 0 bridgehead atoms. The third-order valence-corrected chi connectivity index (χ3v) is 2.15. The van der Waals surface area contributed by atoms with Gasteiger partial charge in [-0.15, -0.1) is 12.4 Å². The van der Waals surface area contributed by atoms with E-state index >= 15 is 0 Å². The van der Waals surface area contributed by atoms with E-state index in [4.69, 9.17) is 5.41 Å². The van der Waals surface area contributed by atoms with Gasteiger partial charge in [0.15, 0.2) is 11.1 Å². The van der Waals surface area contributed by atoms with Crippen LogP contribution in [-0.2, 0) is 6.54 Å². The minimum absolute atomic E-state index is 0. The minimum atomic E-state index is 0. The molecule has 2 rings (SSSR count). The minimum Gasteiger partial charge on any atom is -0.340 e. The summed E-state index contributed by atoms with van der Waals surface area (Å²) in [6, 6.07) is 0. The Morgan fingerprint density at radius 3 is 2.94 bits per heavy atom. The number of halogens is 1. The van der Waals surface area contributed by atoms with Gasteiger partial charge >= 0.3 is 0 Å². The van der Waals surface area contributed by atoms with E-state index in [2.05, 4.69) is 34.9 Å². The second-order valence-corrected chi connectivity index (χ2v) is 3.63. The zero-order valence-corrected chi connectivity index (χ0v) is 10.0. The molecule has 0 atom stereocenters. The van der Waals surface area contributed by atoms with Gasteiger partial charge in [0.05, 0.1) is 12.7 Å². The molecule has 0 aliphatic heterocycles. The standard InChI is InChI=1S/C10H13N5.ClH/c1-7(2)3-4-15-6-14-9(11)8-10(15)13-5-12-8;/h3,5-6,11H,4H2,1-2H3,(H,12,13);1H. The Morgan fingerprint density at radius 2 is 2.25 bits per heavy atom. The van der Waals surface area contributed by atoms with Gasteiger partial charge in [-0.25, -0.2) is 9.97 Å². The summed E-state index contributed by atoms with van der Waals surface area (Å²) in [5, 5.41) is 7.58. The summed E-state index contributed by atoms with van der Waals surface area (Å²) in [5.74, 6) is 0. The lowest BCUT2D eigenvalue weighted by Crippen LogP contribution is -2.12. The number of aromatic amines is 1. The van der Waals surface area contributed by atoms with Gasteiger partial charge in [-0.05, 0) is 13.8 Å². The Kier molecular flexibility index (Phi) is 3.84. The first kappa shape index (κ1) is 12.4. The van der Waals surface area contributed by atoms with Gasteiger partial charge < -0.3 is 9.55 Å². The highest BCUT2D eigenvalue weighted by Crippen LogP contribution is 2.03. The van der Waals surface area contributed by atoms with Crippen molar-refractivity contribution in [2.45, 2.75) is 20.4 Å². The number of hydrogen-bond donors (Lipinski definition) is 2. The van der Waals surface area contributed by atoms with Gasteiger partial charge in [0.2, 0.25) is 0 Å². The number of H-pyrrole nitrogens is 1. The van der Waals surface area contributed by atoms with Crippen molar-refractivity contribution >= 4 is 23.6 Å². The number of allylic oxidation sites excluding steroid dienone is 2. The summed E-state index contributed by atoms with van der Waals surface area (Å²) in [7, 11) is 0. The van der Waals surface area contributed by atoms with E-state index in [0.29, 0.717) is 5.52 Å². The molecule has 16 heavy (non-hydrogen) atoms. The average molecular weight is 240 g/mol. The van der Waals surface area contributed by atoms with E-state index in [1.54, 1.807) is 12.7 Å². The highest BCUT2D eigenvalue weighted by Gasteiger charge is 2.02. The Labute approximate surface area is 99.2 Å². The lowest BCUT2D eigenvalue weighted by molar-refractivity contribution is 0.798.